The van der Waals surface area contributed by atoms with E-state index in [4.69, 9.17) is 5.11 Å². The van der Waals surface area contributed by atoms with E-state index in [1.54, 1.807) is 0 Å². The Labute approximate surface area is 93.6 Å². The maximum atomic E-state index is 12.5. The summed E-state index contributed by atoms with van der Waals surface area (Å²) in [5, 5.41) is 8.53. The minimum Gasteiger partial charge on any atom is -0.395 e. The SMILES string of the molecule is O=S(CCO)Cc1ccccc1C(F)(F)F. The molecular weight excluding hydrogens is 241 g/mol. The maximum Gasteiger partial charge on any atom is 0.416 e. The summed E-state index contributed by atoms with van der Waals surface area (Å²) in [5.74, 6) is -0.192. The van der Waals surface area contributed by atoms with Gasteiger partial charge in [-0.15, -0.1) is 0 Å². The first-order valence-electron chi connectivity index (χ1n) is 4.56. The number of alkyl halides is 3. The van der Waals surface area contributed by atoms with Crippen LogP contribution >= 0.6 is 0 Å². The van der Waals surface area contributed by atoms with Crippen LogP contribution < -0.4 is 0 Å². The fourth-order valence-electron chi connectivity index (χ4n) is 1.27. The van der Waals surface area contributed by atoms with Gasteiger partial charge in [0.15, 0.2) is 0 Å². The Morgan fingerprint density at radius 2 is 1.88 bits per heavy atom. The molecule has 1 rings (SSSR count). The molecule has 0 radical (unpaired) electrons. The predicted molar refractivity (Wildman–Crippen MR) is 55.2 cm³/mol. The highest BCUT2D eigenvalue weighted by Gasteiger charge is 2.33. The van der Waals surface area contributed by atoms with Gasteiger partial charge in [0, 0.05) is 22.3 Å². The molecule has 90 valence electrons. The summed E-state index contributed by atoms with van der Waals surface area (Å²) in [4.78, 5) is 0. The number of hydrogen-bond donors (Lipinski definition) is 1. The number of hydrogen-bond acceptors (Lipinski definition) is 2. The highest BCUT2D eigenvalue weighted by Crippen LogP contribution is 2.32. The van der Waals surface area contributed by atoms with E-state index < -0.39 is 22.5 Å². The van der Waals surface area contributed by atoms with E-state index in [0.717, 1.165) is 6.07 Å². The van der Waals surface area contributed by atoms with Crippen molar-refractivity contribution in [2.24, 2.45) is 0 Å². The second-order valence-electron chi connectivity index (χ2n) is 3.17. The number of benzene rings is 1. The van der Waals surface area contributed by atoms with Crippen molar-refractivity contribution in [1.29, 1.82) is 0 Å². The van der Waals surface area contributed by atoms with Gasteiger partial charge in [-0.2, -0.15) is 13.2 Å². The van der Waals surface area contributed by atoms with Crippen molar-refractivity contribution in [3.63, 3.8) is 0 Å². The first kappa shape index (κ1) is 13.2. The average molecular weight is 252 g/mol. The molecule has 0 aromatic heterocycles. The molecule has 1 atom stereocenters. The van der Waals surface area contributed by atoms with Gasteiger partial charge in [-0.25, -0.2) is 0 Å². The molecule has 0 aliphatic heterocycles. The van der Waals surface area contributed by atoms with Gasteiger partial charge < -0.3 is 5.11 Å². The molecule has 16 heavy (non-hydrogen) atoms. The van der Waals surface area contributed by atoms with Crippen LogP contribution in [-0.4, -0.2) is 21.7 Å². The lowest BCUT2D eigenvalue weighted by Crippen LogP contribution is -2.12. The van der Waals surface area contributed by atoms with Crippen LogP contribution in [0, 0.1) is 0 Å². The number of aliphatic hydroxyl groups excluding tert-OH is 1. The molecule has 0 aliphatic carbocycles. The summed E-state index contributed by atoms with van der Waals surface area (Å²) < 4.78 is 48.9. The fraction of sp³-hybridized carbons (Fsp3) is 0.400. The third kappa shape index (κ3) is 3.61. The lowest BCUT2D eigenvalue weighted by atomic mass is 10.1. The topological polar surface area (TPSA) is 37.3 Å². The van der Waals surface area contributed by atoms with Crippen molar-refractivity contribution < 1.29 is 22.5 Å². The Morgan fingerprint density at radius 1 is 1.25 bits per heavy atom. The molecule has 1 unspecified atom stereocenters. The molecule has 0 heterocycles. The summed E-state index contributed by atoms with van der Waals surface area (Å²) in [6.07, 6.45) is -4.43. The molecule has 0 spiro atoms. The van der Waals surface area contributed by atoms with E-state index in [1.165, 1.54) is 18.2 Å². The zero-order valence-electron chi connectivity index (χ0n) is 8.33. The van der Waals surface area contributed by atoms with Crippen LogP contribution in [0.3, 0.4) is 0 Å². The maximum absolute atomic E-state index is 12.5. The Bertz CT molecular complexity index is 377. The molecule has 0 amide bonds. The van der Waals surface area contributed by atoms with Gasteiger partial charge in [-0.1, -0.05) is 18.2 Å². The monoisotopic (exact) mass is 252 g/mol. The van der Waals surface area contributed by atoms with Crippen LogP contribution in [0.5, 0.6) is 0 Å². The zero-order chi connectivity index (χ0) is 12.2. The molecule has 6 heteroatoms. The summed E-state index contributed by atoms with van der Waals surface area (Å²) >= 11 is 0. The second kappa shape index (κ2) is 5.45. The molecule has 0 aliphatic rings. The lowest BCUT2D eigenvalue weighted by Gasteiger charge is -2.11. The van der Waals surface area contributed by atoms with E-state index in [2.05, 4.69) is 0 Å². The van der Waals surface area contributed by atoms with Gasteiger partial charge in [0.2, 0.25) is 0 Å². The van der Waals surface area contributed by atoms with Crippen LogP contribution in [0.15, 0.2) is 24.3 Å². The Hall–Kier alpha value is -0.880. The summed E-state index contributed by atoms with van der Waals surface area (Å²) in [5.41, 5.74) is -0.761. The number of rotatable bonds is 4. The molecule has 1 N–H and O–H groups in total. The first-order valence-corrected chi connectivity index (χ1v) is 6.05. The average Bonchev–Trinajstić information content (AvgIpc) is 2.17. The van der Waals surface area contributed by atoms with Crippen molar-refractivity contribution in [2.75, 3.05) is 12.4 Å². The third-order valence-electron chi connectivity index (χ3n) is 1.96. The van der Waals surface area contributed by atoms with Crippen molar-refractivity contribution in [2.45, 2.75) is 11.9 Å². The van der Waals surface area contributed by atoms with Crippen LogP contribution in [0.2, 0.25) is 0 Å². The van der Waals surface area contributed by atoms with Gasteiger partial charge in [-0.05, 0) is 11.6 Å². The van der Waals surface area contributed by atoms with E-state index in [0.29, 0.717) is 0 Å². The first-order chi connectivity index (χ1) is 7.45. The molecule has 0 saturated carbocycles. The number of aliphatic hydroxyl groups is 1. The Morgan fingerprint density at radius 3 is 2.44 bits per heavy atom. The molecule has 1 aromatic rings. The normalized spacial score (nSPS) is 13.8. The summed E-state index contributed by atoms with van der Waals surface area (Å²) in [6, 6.07) is 5.03. The van der Waals surface area contributed by atoms with Crippen molar-refractivity contribution in [3.05, 3.63) is 35.4 Å². The molecule has 0 fully saturated rings. The van der Waals surface area contributed by atoms with Crippen molar-refractivity contribution in [1.82, 2.24) is 0 Å². The molecule has 0 bridgehead atoms. The lowest BCUT2D eigenvalue weighted by molar-refractivity contribution is -0.138. The molecule has 0 saturated heterocycles. The van der Waals surface area contributed by atoms with E-state index in [-0.39, 0.29) is 23.7 Å². The summed E-state index contributed by atoms with van der Waals surface area (Å²) in [7, 11) is -1.47. The quantitative estimate of drug-likeness (QED) is 0.889. The largest absolute Gasteiger partial charge is 0.416 e. The Balaban J connectivity index is 2.92. The zero-order valence-corrected chi connectivity index (χ0v) is 9.14. The van der Waals surface area contributed by atoms with Crippen molar-refractivity contribution >= 4 is 10.8 Å². The smallest absolute Gasteiger partial charge is 0.395 e. The van der Waals surface area contributed by atoms with Crippen LogP contribution in [0.25, 0.3) is 0 Å². The fourth-order valence-corrected chi connectivity index (χ4v) is 2.22. The van der Waals surface area contributed by atoms with Crippen LogP contribution in [0.4, 0.5) is 13.2 Å². The standard InChI is InChI=1S/C10H11F3O2S/c11-10(12,13)9-4-2-1-3-8(9)7-16(15)6-5-14/h1-4,14H,5-7H2. The third-order valence-corrected chi connectivity index (χ3v) is 3.23. The van der Waals surface area contributed by atoms with Gasteiger partial charge in [-0.3, -0.25) is 4.21 Å². The number of halogens is 3. The van der Waals surface area contributed by atoms with Crippen LogP contribution in [0.1, 0.15) is 11.1 Å². The van der Waals surface area contributed by atoms with Gasteiger partial charge in [0.1, 0.15) is 0 Å². The molecular formula is C10H11F3O2S. The Kier molecular flexibility index (Phi) is 4.49. The molecule has 1 aromatic carbocycles. The van der Waals surface area contributed by atoms with Gasteiger partial charge in [0.25, 0.3) is 0 Å². The van der Waals surface area contributed by atoms with E-state index >= 15 is 0 Å². The van der Waals surface area contributed by atoms with Crippen LogP contribution in [-0.2, 0) is 22.7 Å². The molecule has 2 nitrogen and oxygen atoms in total. The van der Waals surface area contributed by atoms with Gasteiger partial charge >= 0.3 is 6.18 Å². The van der Waals surface area contributed by atoms with Gasteiger partial charge in [0.05, 0.1) is 12.2 Å². The van der Waals surface area contributed by atoms with E-state index in [9.17, 15) is 17.4 Å². The summed E-state index contributed by atoms with van der Waals surface area (Å²) in [6.45, 7) is -0.291. The predicted octanol–water partition coefficient (Wildman–Crippen LogP) is 1.95. The second-order valence-corrected chi connectivity index (χ2v) is 4.74. The minimum atomic E-state index is -4.43. The van der Waals surface area contributed by atoms with E-state index in [1.807, 2.05) is 0 Å². The highest BCUT2D eigenvalue weighted by molar-refractivity contribution is 7.84. The highest BCUT2D eigenvalue weighted by atomic mass is 32.2. The minimum absolute atomic E-state index is 0.00165. The van der Waals surface area contributed by atoms with Crippen molar-refractivity contribution in [3.8, 4) is 0 Å².